The SMILES string of the molecule is N#Cc1ccc2cc3ccccc3cc2c1.NS(=O)(=O)c1ccc(Oc2ccc(-n3ccc(C(F)(F)F)n3)cc2)cc1-c1nccs1. The van der Waals surface area contributed by atoms with Crippen LogP contribution >= 0.6 is 11.3 Å². The number of fused-ring (bicyclic) bond motifs is 2. The van der Waals surface area contributed by atoms with E-state index in [-0.39, 0.29) is 4.90 Å². The van der Waals surface area contributed by atoms with Crippen molar-refractivity contribution in [3.8, 4) is 33.8 Å². The van der Waals surface area contributed by atoms with E-state index >= 15 is 0 Å². The van der Waals surface area contributed by atoms with Crippen LogP contribution in [0, 0.1) is 11.3 Å². The van der Waals surface area contributed by atoms with Crippen molar-refractivity contribution in [1.29, 1.82) is 5.26 Å². The first-order valence-electron chi connectivity index (χ1n) is 13.8. The fourth-order valence-corrected chi connectivity index (χ4v) is 6.23. The maximum atomic E-state index is 12.7. The van der Waals surface area contributed by atoms with E-state index in [1.807, 2.05) is 30.3 Å². The molecule has 0 bridgehead atoms. The molecule has 0 saturated heterocycles. The summed E-state index contributed by atoms with van der Waals surface area (Å²) in [6.07, 6.45) is -1.77. The third-order valence-corrected chi connectivity index (χ3v) is 8.75. The molecule has 0 atom stereocenters. The highest BCUT2D eigenvalue weighted by atomic mass is 32.2. The number of alkyl halides is 3. The van der Waals surface area contributed by atoms with E-state index < -0.39 is 21.9 Å². The lowest BCUT2D eigenvalue weighted by Crippen LogP contribution is -2.13. The summed E-state index contributed by atoms with van der Waals surface area (Å²) >= 11 is 1.25. The van der Waals surface area contributed by atoms with Gasteiger partial charge in [-0.15, -0.1) is 11.3 Å². The number of hydrogen-bond acceptors (Lipinski definition) is 7. The summed E-state index contributed by atoms with van der Waals surface area (Å²) in [7, 11) is -3.97. The van der Waals surface area contributed by atoms with Gasteiger partial charge in [-0.1, -0.05) is 30.3 Å². The van der Waals surface area contributed by atoms with Gasteiger partial charge in [0.25, 0.3) is 0 Å². The molecule has 0 aliphatic carbocycles. The normalized spacial score (nSPS) is 11.6. The predicted molar refractivity (Wildman–Crippen MR) is 174 cm³/mol. The average molecular weight is 670 g/mol. The Labute approximate surface area is 270 Å². The number of benzene rings is 5. The topological polar surface area (TPSA) is 124 Å². The zero-order valence-electron chi connectivity index (χ0n) is 24.1. The number of nitrogens with two attached hydrogens (primary N) is 1. The van der Waals surface area contributed by atoms with Crippen LogP contribution in [0.25, 0.3) is 37.8 Å². The molecule has 0 fully saturated rings. The summed E-state index contributed by atoms with van der Waals surface area (Å²) in [5.41, 5.74) is 0.444. The fraction of sp³-hybridized carbons (Fsp3) is 0.0294. The van der Waals surface area contributed by atoms with Gasteiger partial charge in [0.05, 0.1) is 22.2 Å². The van der Waals surface area contributed by atoms with E-state index in [0.29, 0.717) is 33.3 Å². The molecular formula is C34H22F3N5O3S2. The molecule has 0 radical (unpaired) electrons. The number of rotatable bonds is 5. The highest BCUT2D eigenvalue weighted by Gasteiger charge is 2.33. The summed E-state index contributed by atoms with van der Waals surface area (Å²) in [6, 6.07) is 31.9. The van der Waals surface area contributed by atoms with Crippen LogP contribution in [0.15, 0.2) is 126 Å². The summed E-state index contributed by atoms with van der Waals surface area (Å²) in [5, 5.41) is 24.6. The summed E-state index contributed by atoms with van der Waals surface area (Å²) in [4.78, 5) is 4.05. The Balaban J connectivity index is 0.000000201. The van der Waals surface area contributed by atoms with Crippen molar-refractivity contribution < 1.29 is 26.3 Å². The fourth-order valence-electron chi connectivity index (χ4n) is 4.78. The molecule has 0 amide bonds. The van der Waals surface area contributed by atoms with Crippen LogP contribution in [0.2, 0.25) is 0 Å². The standard InChI is InChI=1S/C19H13F3N4O3S2.C15H9N/c20-19(21,22)17-7-9-26(25-17)12-1-3-13(4-2-12)29-14-5-6-16(31(23,27)28)15(11-14)18-24-8-10-30-18;16-10-11-5-6-14-8-12-3-1-2-4-13(12)9-15(14)7-11/h1-11H,(H2,23,27,28);1-9H. The lowest BCUT2D eigenvalue weighted by atomic mass is 10.0. The van der Waals surface area contributed by atoms with Crippen molar-refractivity contribution in [2.75, 3.05) is 0 Å². The van der Waals surface area contributed by atoms with Crippen LogP contribution in [0.4, 0.5) is 13.2 Å². The van der Waals surface area contributed by atoms with Crippen molar-refractivity contribution in [1.82, 2.24) is 14.8 Å². The van der Waals surface area contributed by atoms with Gasteiger partial charge in [0, 0.05) is 23.3 Å². The maximum Gasteiger partial charge on any atom is 0.435 e. The van der Waals surface area contributed by atoms with E-state index in [1.54, 1.807) is 35.8 Å². The average Bonchev–Trinajstić information content (AvgIpc) is 3.77. The lowest BCUT2D eigenvalue weighted by Gasteiger charge is -2.11. The highest BCUT2D eigenvalue weighted by Crippen LogP contribution is 2.34. The minimum Gasteiger partial charge on any atom is -0.457 e. The number of aromatic nitrogens is 3. The molecule has 0 unspecified atom stereocenters. The van der Waals surface area contributed by atoms with Crippen LogP contribution in [-0.2, 0) is 16.2 Å². The molecule has 5 aromatic carbocycles. The van der Waals surface area contributed by atoms with Crippen LogP contribution in [-0.4, -0.2) is 23.2 Å². The molecule has 0 aliphatic rings. The Morgan fingerprint density at radius 2 is 1.51 bits per heavy atom. The van der Waals surface area contributed by atoms with Gasteiger partial charge >= 0.3 is 6.18 Å². The van der Waals surface area contributed by atoms with Crippen LogP contribution < -0.4 is 9.88 Å². The first kappa shape index (κ1) is 31.4. The van der Waals surface area contributed by atoms with Crippen LogP contribution in [0.3, 0.4) is 0 Å². The minimum atomic E-state index is -4.52. The molecule has 7 rings (SSSR count). The van der Waals surface area contributed by atoms with Gasteiger partial charge in [-0.25, -0.2) is 23.2 Å². The number of ether oxygens (including phenoxy) is 1. The van der Waals surface area contributed by atoms with Crippen LogP contribution in [0.1, 0.15) is 11.3 Å². The van der Waals surface area contributed by atoms with Gasteiger partial charge < -0.3 is 4.74 Å². The number of sulfonamides is 1. The predicted octanol–water partition coefficient (Wildman–Crippen LogP) is 8.32. The molecule has 2 N–H and O–H groups in total. The third kappa shape index (κ3) is 7.15. The van der Waals surface area contributed by atoms with E-state index in [2.05, 4.69) is 40.4 Å². The summed E-state index contributed by atoms with van der Waals surface area (Å²) in [6.45, 7) is 0. The molecule has 0 spiro atoms. The van der Waals surface area contributed by atoms with E-state index in [1.165, 1.54) is 51.9 Å². The van der Waals surface area contributed by atoms with E-state index in [0.717, 1.165) is 16.1 Å². The van der Waals surface area contributed by atoms with E-state index in [9.17, 15) is 21.6 Å². The summed E-state index contributed by atoms with van der Waals surface area (Å²) < 4.78 is 68.8. The monoisotopic (exact) mass is 669 g/mol. The molecule has 0 aliphatic heterocycles. The second kappa shape index (κ2) is 12.7. The molecule has 0 saturated carbocycles. The Morgan fingerprint density at radius 3 is 2.13 bits per heavy atom. The smallest absolute Gasteiger partial charge is 0.435 e. The second-order valence-electron chi connectivity index (χ2n) is 10.2. The number of nitriles is 1. The highest BCUT2D eigenvalue weighted by molar-refractivity contribution is 7.89. The van der Waals surface area contributed by atoms with Crippen molar-refractivity contribution in [3.63, 3.8) is 0 Å². The number of thiazole rings is 1. The number of primary sulfonamides is 1. The Kier molecular flexibility index (Phi) is 8.48. The number of hydrogen-bond donors (Lipinski definition) is 1. The minimum absolute atomic E-state index is 0.0794. The Bertz CT molecular complexity index is 2370. The van der Waals surface area contributed by atoms with Gasteiger partial charge in [-0.2, -0.15) is 23.5 Å². The molecular weight excluding hydrogens is 648 g/mol. The Hall–Kier alpha value is -5.55. The van der Waals surface area contributed by atoms with Crippen molar-refractivity contribution in [3.05, 3.63) is 132 Å². The van der Waals surface area contributed by atoms with Crippen molar-refractivity contribution in [2.24, 2.45) is 5.14 Å². The molecule has 13 heteroatoms. The molecule has 7 aromatic rings. The number of halogens is 3. The van der Waals surface area contributed by atoms with Gasteiger partial charge in [-0.3, -0.25) is 0 Å². The van der Waals surface area contributed by atoms with Gasteiger partial charge in [0.1, 0.15) is 16.5 Å². The lowest BCUT2D eigenvalue weighted by molar-refractivity contribution is -0.141. The van der Waals surface area contributed by atoms with Gasteiger partial charge in [0.2, 0.25) is 10.0 Å². The zero-order valence-corrected chi connectivity index (χ0v) is 25.7. The number of nitrogens with zero attached hydrogens (tertiary/aromatic N) is 4. The van der Waals surface area contributed by atoms with Crippen LogP contribution in [0.5, 0.6) is 11.5 Å². The maximum absolute atomic E-state index is 12.7. The van der Waals surface area contributed by atoms with Gasteiger partial charge in [-0.05, 0) is 94.3 Å². The first-order chi connectivity index (χ1) is 22.5. The largest absolute Gasteiger partial charge is 0.457 e. The van der Waals surface area contributed by atoms with Crippen molar-refractivity contribution in [2.45, 2.75) is 11.1 Å². The second-order valence-corrected chi connectivity index (χ2v) is 12.6. The molecule has 2 aromatic heterocycles. The molecule has 2 heterocycles. The molecule has 47 heavy (non-hydrogen) atoms. The molecule has 234 valence electrons. The first-order valence-corrected chi connectivity index (χ1v) is 16.2. The quantitative estimate of drug-likeness (QED) is 0.184. The van der Waals surface area contributed by atoms with Crippen molar-refractivity contribution >= 4 is 42.9 Å². The third-order valence-electron chi connectivity index (χ3n) is 6.97. The van der Waals surface area contributed by atoms with E-state index in [4.69, 9.17) is 15.1 Å². The summed E-state index contributed by atoms with van der Waals surface area (Å²) in [5.74, 6) is 0.726. The zero-order chi connectivity index (χ0) is 33.2. The Morgan fingerprint density at radius 1 is 0.830 bits per heavy atom. The van der Waals surface area contributed by atoms with Gasteiger partial charge in [0.15, 0.2) is 5.69 Å². The molecule has 8 nitrogen and oxygen atoms in total.